The van der Waals surface area contributed by atoms with E-state index in [0.717, 1.165) is 25.2 Å². The van der Waals surface area contributed by atoms with Gasteiger partial charge < -0.3 is 9.80 Å². The molecule has 0 bridgehead atoms. The Balaban J connectivity index is 1.28. The summed E-state index contributed by atoms with van der Waals surface area (Å²) < 4.78 is 24.7. The molecule has 0 saturated carbocycles. The molecule has 1 amide bonds. The number of benzene rings is 2. The van der Waals surface area contributed by atoms with Crippen molar-refractivity contribution in [3.05, 3.63) is 60.2 Å². The van der Waals surface area contributed by atoms with Crippen molar-refractivity contribution in [1.29, 1.82) is 0 Å². The van der Waals surface area contributed by atoms with Crippen LogP contribution in [0.25, 0.3) is 0 Å². The third-order valence-electron chi connectivity index (χ3n) is 7.34. The molecular weight excluding hydrogens is 490 g/mol. The molecule has 3 saturated heterocycles. The van der Waals surface area contributed by atoms with Crippen molar-refractivity contribution in [3.8, 4) is 0 Å². The fourth-order valence-electron chi connectivity index (χ4n) is 5.53. The first kappa shape index (κ1) is 25.3. The third kappa shape index (κ3) is 5.80. The predicted octanol–water partition coefficient (Wildman–Crippen LogP) is 4.79. The number of nitrogens with zero attached hydrogens (tertiary/aromatic N) is 3. The van der Waals surface area contributed by atoms with Gasteiger partial charge in [0, 0.05) is 36.1 Å². The van der Waals surface area contributed by atoms with Crippen LogP contribution in [0, 0.1) is 11.8 Å². The lowest BCUT2D eigenvalue weighted by Crippen LogP contribution is -2.38. The second-order valence-electron chi connectivity index (χ2n) is 10.7. The maximum atomic E-state index is 12.5. The first-order valence-corrected chi connectivity index (χ1v) is 15.6. The number of hydrogen-bond donors (Lipinski definition) is 0. The second-order valence-corrected chi connectivity index (χ2v) is 14.1. The van der Waals surface area contributed by atoms with E-state index >= 15 is 0 Å². The van der Waals surface area contributed by atoms with Gasteiger partial charge in [-0.15, -0.1) is 0 Å². The number of thioether (sulfide) groups is 1. The quantitative estimate of drug-likeness (QED) is 0.540. The van der Waals surface area contributed by atoms with Gasteiger partial charge in [-0.1, -0.05) is 55.9 Å². The molecule has 192 valence electrons. The molecular formula is C28H35N3O3S2. The maximum Gasteiger partial charge on any atom is 0.248 e. The Morgan fingerprint density at radius 2 is 1.67 bits per heavy atom. The van der Waals surface area contributed by atoms with E-state index in [1.165, 1.54) is 35.9 Å². The van der Waals surface area contributed by atoms with E-state index in [9.17, 15) is 13.2 Å². The molecule has 0 radical (unpaired) electrons. The van der Waals surface area contributed by atoms with Gasteiger partial charge in [0.05, 0.1) is 17.5 Å². The Morgan fingerprint density at radius 1 is 1.00 bits per heavy atom. The number of sulfone groups is 1. The van der Waals surface area contributed by atoms with Gasteiger partial charge in [0.25, 0.3) is 0 Å². The Morgan fingerprint density at radius 3 is 2.33 bits per heavy atom. The smallest absolute Gasteiger partial charge is 0.248 e. The number of amidine groups is 1. The van der Waals surface area contributed by atoms with E-state index in [0.29, 0.717) is 17.5 Å². The molecule has 3 heterocycles. The molecule has 8 heteroatoms. The van der Waals surface area contributed by atoms with Crippen LogP contribution in [0.1, 0.15) is 38.7 Å². The summed E-state index contributed by atoms with van der Waals surface area (Å²) in [5.74, 6) is 1.06. The van der Waals surface area contributed by atoms with Crippen molar-refractivity contribution >= 4 is 44.0 Å². The molecule has 0 aromatic heterocycles. The summed E-state index contributed by atoms with van der Waals surface area (Å²) in [5.41, 5.74) is 3.51. The van der Waals surface area contributed by atoms with Gasteiger partial charge in [-0.2, -0.15) is 4.99 Å². The largest absolute Gasteiger partial charge is 0.372 e. The Kier molecular flexibility index (Phi) is 7.45. The summed E-state index contributed by atoms with van der Waals surface area (Å²) in [7, 11) is -3.08. The van der Waals surface area contributed by atoms with E-state index in [4.69, 9.17) is 0 Å². The lowest BCUT2D eigenvalue weighted by atomic mass is 9.90. The highest BCUT2D eigenvalue weighted by molar-refractivity contribution is 8.16. The Bertz CT molecular complexity index is 1200. The lowest BCUT2D eigenvalue weighted by molar-refractivity contribution is -0.118. The van der Waals surface area contributed by atoms with Gasteiger partial charge >= 0.3 is 0 Å². The van der Waals surface area contributed by atoms with Crippen LogP contribution >= 0.6 is 11.8 Å². The highest BCUT2D eigenvalue weighted by Gasteiger charge is 2.49. The van der Waals surface area contributed by atoms with Crippen molar-refractivity contribution in [2.24, 2.45) is 16.8 Å². The van der Waals surface area contributed by atoms with Crippen molar-refractivity contribution in [3.63, 3.8) is 0 Å². The molecule has 2 aromatic carbocycles. The standard InChI is InChI=1S/C28H35N3O3S2/c1-20(2)16-27(32)29-28-31(25-18-36(33,34)19-26(25)35-28)24-10-8-23(9-11-24)30-14-12-22(13-15-30)17-21-6-4-3-5-7-21/h3-11,20,22,25-26H,12-19H2,1-2H3/t25-,26-/m0/s1. The first-order chi connectivity index (χ1) is 17.3. The number of rotatable bonds is 6. The molecule has 3 aliphatic rings. The van der Waals surface area contributed by atoms with E-state index in [-0.39, 0.29) is 34.6 Å². The molecule has 3 fully saturated rings. The first-order valence-electron chi connectivity index (χ1n) is 12.9. The van der Waals surface area contributed by atoms with Crippen LogP contribution in [-0.4, -0.2) is 55.4 Å². The highest BCUT2D eigenvalue weighted by atomic mass is 32.2. The average molecular weight is 526 g/mol. The summed E-state index contributed by atoms with van der Waals surface area (Å²) in [6.45, 7) is 6.08. The van der Waals surface area contributed by atoms with Gasteiger partial charge in [0.15, 0.2) is 15.0 Å². The Hall–Kier alpha value is -2.32. The summed E-state index contributed by atoms with van der Waals surface area (Å²) in [5, 5.41) is 0.559. The summed E-state index contributed by atoms with van der Waals surface area (Å²) in [6.07, 6.45) is 3.89. The number of aliphatic imine (C=N–C) groups is 1. The second kappa shape index (κ2) is 10.6. The predicted molar refractivity (Wildman–Crippen MR) is 150 cm³/mol. The molecule has 6 nitrogen and oxygen atoms in total. The molecule has 36 heavy (non-hydrogen) atoms. The molecule has 2 atom stereocenters. The highest BCUT2D eigenvalue weighted by Crippen LogP contribution is 2.41. The zero-order valence-corrected chi connectivity index (χ0v) is 22.7. The van der Waals surface area contributed by atoms with Crippen molar-refractivity contribution < 1.29 is 13.2 Å². The van der Waals surface area contributed by atoms with E-state index < -0.39 is 9.84 Å². The zero-order valence-electron chi connectivity index (χ0n) is 21.0. The van der Waals surface area contributed by atoms with Crippen molar-refractivity contribution in [1.82, 2.24) is 0 Å². The van der Waals surface area contributed by atoms with Gasteiger partial charge in [-0.05, 0) is 60.9 Å². The van der Waals surface area contributed by atoms with Crippen LogP contribution in [0.2, 0.25) is 0 Å². The SMILES string of the molecule is CC(C)CC(=O)N=C1S[C@H]2CS(=O)(=O)C[C@@H]2N1c1ccc(N2CCC(Cc3ccccc3)CC2)cc1. The van der Waals surface area contributed by atoms with Crippen molar-refractivity contribution in [2.45, 2.75) is 50.8 Å². The minimum Gasteiger partial charge on any atom is -0.372 e. The Labute approximate surface area is 219 Å². The minimum absolute atomic E-state index is 0.0797. The molecule has 0 spiro atoms. The molecule has 2 aromatic rings. The molecule has 5 rings (SSSR count). The number of anilines is 2. The topological polar surface area (TPSA) is 70.0 Å². The van der Waals surface area contributed by atoms with Crippen LogP contribution in [0.5, 0.6) is 0 Å². The van der Waals surface area contributed by atoms with Gasteiger partial charge in [0.1, 0.15) is 0 Å². The normalized spacial score (nSPS) is 25.0. The summed E-state index contributed by atoms with van der Waals surface area (Å²) in [4.78, 5) is 21.3. The molecule has 3 aliphatic heterocycles. The van der Waals surface area contributed by atoms with Gasteiger partial charge in [-0.25, -0.2) is 8.42 Å². The van der Waals surface area contributed by atoms with Crippen LogP contribution in [0.15, 0.2) is 59.6 Å². The van der Waals surface area contributed by atoms with E-state index in [1.807, 2.05) is 18.7 Å². The minimum atomic E-state index is -3.08. The van der Waals surface area contributed by atoms with Crippen molar-refractivity contribution in [2.75, 3.05) is 34.4 Å². The fraction of sp³-hybridized carbons (Fsp3) is 0.500. The van der Waals surface area contributed by atoms with E-state index in [2.05, 4.69) is 64.5 Å². The number of fused-ring (bicyclic) bond motifs is 1. The van der Waals surface area contributed by atoms with Gasteiger partial charge in [0.2, 0.25) is 5.91 Å². The number of carbonyl (C=O) groups is 1. The zero-order chi connectivity index (χ0) is 25.3. The monoisotopic (exact) mass is 525 g/mol. The van der Waals surface area contributed by atoms with Crippen LogP contribution in [0.3, 0.4) is 0 Å². The number of piperidine rings is 1. The summed E-state index contributed by atoms with van der Waals surface area (Å²) >= 11 is 1.44. The van der Waals surface area contributed by atoms with Crippen LogP contribution in [-0.2, 0) is 21.1 Å². The molecule has 0 unspecified atom stereocenters. The maximum absolute atomic E-state index is 12.5. The van der Waals surface area contributed by atoms with Crippen LogP contribution in [0.4, 0.5) is 11.4 Å². The molecule has 0 aliphatic carbocycles. The number of hydrogen-bond acceptors (Lipinski definition) is 5. The average Bonchev–Trinajstić information content (AvgIpc) is 3.30. The third-order valence-corrected chi connectivity index (χ3v) is 10.6. The summed E-state index contributed by atoms with van der Waals surface area (Å²) in [6, 6.07) is 18.9. The lowest BCUT2D eigenvalue weighted by Gasteiger charge is -2.34. The number of carbonyl (C=O) groups excluding carboxylic acids is 1. The van der Waals surface area contributed by atoms with Crippen LogP contribution < -0.4 is 9.80 Å². The van der Waals surface area contributed by atoms with E-state index in [1.54, 1.807) is 0 Å². The number of amides is 1. The van der Waals surface area contributed by atoms with Gasteiger partial charge in [-0.3, -0.25) is 4.79 Å². The molecule has 0 N–H and O–H groups in total. The fourth-order valence-corrected chi connectivity index (χ4v) is 9.47.